The number of nitrogens with one attached hydrogen (secondary N) is 1. The van der Waals surface area contributed by atoms with Gasteiger partial charge in [-0.2, -0.15) is 0 Å². The summed E-state index contributed by atoms with van der Waals surface area (Å²) >= 11 is 1.31. The van der Waals surface area contributed by atoms with Crippen LogP contribution in [-0.4, -0.2) is 75.2 Å². The van der Waals surface area contributed by atoms with Crippen molar-refractivity contribution in [2.45, 2.75) is 25.9 Å². The number of aryl methyl sites for hydroxylation is 2. The Morgan fingerprint density at radius 2 is 2.10 bits per heavy atom. The fourth-order valence-electron chi connectivity index (χ4n) is 3.18. The standard InChI is InChI=1S/C18H24N6O4S/c1-11-13(12(2)23-17(19)22-11)5-15(25)24-3-4-28-9-18(27,8-24)7-20-16(26)14-6-29-10-21-14/h6,10,27H,3-5,7-9H2,1-2H3,(H,20,26)(H2,19,22,23)/t18-/m1/s1. The number of ether oxygens (including phenoxy) is 1. The number of aromatic nitrogens is 3. The number of hydrogen-bond acceptors (Lipinski definition) is 9. The number of anilines is 1. The molecule has 10 nitrogen and oxygen atoms in total. The molecule has 1 atom stereocenters. The van der Waals surface area contributed by atoms with Gasteiger partial charge in [-0.15, -0.1) is 11.3 Å². The smallest absolute Gasteiger partial charge is 0.270 e. The molecule has 0 radical (unpaired) electrons. The summed E-state index contributed by atoms with van der Waals surface area (Å²) in [6.45, 7) is 4.19. The first-order valence-corrected chi connectivity index (χ1v) is 10.1. The SMILES string of the molecule is Cc1nc(N)nc(C)c1CC(=O)N1CCOC[C@@](O)(CNC(=O)c2cscn2)C1. The minimum Gasteiger partial charge on any atom is -0.384 e. The number of nitrogens with zero attached hydrogens (tertiary/aromatic N) is 4. The first kappa shape index (κ1) is 21.1. The first-order chi connectivity index (χ1) is 13.8. The van der Waals surface area contributed by atoms with Crippen LogP contribution in [0.4, 0.5) is 5.95 Å². The van der Waals surface area contributed by atoms with Crippen LogP contribution in [0.5, 0.6) is 0 Å². The molecule has 1 saturated heterocycles. The number of carbonyl (C=O) groups excluding carboxylic acids is 2. The molecule has 0 spiro atoms. The molecule has 1 aliphatic rings. The van der Waals surface area contributed by atoms with Crippen molar-refractivity contribution in [2.24, 2.45) is 0 Å². The van der Waals surface area contributed by atoms with Gasteiger partial charge in [0.05, 0.1) is 38.2 Å². The zero-order chi connectivity index (χ0) is 21.0. The van der Waals surface area contributed by atoms with E-state index in [9.17, 15) is 14.7 Å². The molecule has 3 rings (SSSR count). The maximum absolute atomic E-state index is 12.9. The van der Waals surface area contributed by atoms with Crippen molar-refractivity contribution in [1.82, 2.24) is 25.2 Å². The number of amides is 2. The molecule has 29 heavy (non-hydrogen) atoms. The minimum atomic E-state index is -1.40. The molecule has 2 aromatic rings. The van der Waals surface area contributed by atoms with E-state index in [1.165, 1.54) is 16.2 Å². The highest BCUT2D eigenvalue weighted by Crippen LogP contribution is 2.17. The van der Waals surface area contributed by atoms with Crippen molar-refractivity contribution in [3.63, 3.8) is 0 Å². The van der Waals surface area contributed by atoms with Crippen molar-refractivity contribution in [3.8, 4) is 0 Å². The molecule has 3 heterocycles. The maximum Gasteiger partial charge on any atom is 0.270 e. The van der Waals surface area contributed by atoms with Crippen molar-refractivity contribution >= 4 is 29.1 Å². The van der Waals surface area contributed by atoms with Crippen LogP contribution in [-0.2, 0) is 16.0 Å². The van der Waals surface area contributed by atoms with E-state index in [1.54, 1.807) is 24.7 Å². The molecule has 2 amide bonds. The number of β-amino-alcohol motifs (C(OH)–C–C–N with tert-alkyl or cyclic N) is 1. The van der Waals surface area contributed by atoms with Crippen LogP contribution in [0.3, 0.4) is 0 Å². The van der Waals surface area contributed by atoms with Gasteiger partial charge >= 0.3 is 0 Å². The van der Waals surface area contributed by atoms with Gasteiger partial charge in [0.1, 0.15) is 11.3 Å². The Bertz CT molecular complexity index is 867. The molecule has 11 heteroatoms. The normalized spacial score (nSPS) is 19.6. The average molecular weight is 420 g/mol. The number of thiazole rings is 1. The zero-order valence-corrected chi connectivity index (χ0v) is 17.2. The zero-order valence-electron chi connectivity index (χ0n) is 16.3. The van der Waals surface area contributed by atoms with E-state index in [4.69, 9.17) is 10.5 Å². The van der Waals surface area contributed by atoms with Gasteiger partial charge in [0, 0.05) is 28.9 Å². The average Bonchev–Trinajstić information content (AvgIpc) is 3.13. The molecular formula is C18H24N6O4S. The molecule has 0 bridgehead atoms. The predicted octanol–water partition coefficient (Wildman–Crippen LogP) is -0.305. The number of aliphatic hydroxyl groups is 1. The Morgan fingerprint density at radius 3 is 2.76 bits per heavy atom. The lowest BCUT2D eigenvalue weighted by Crippen LogP contribution is -2.53. The summed E-state index contributed by atoms with van der Waals surface area (Å²) in [6.07, 6.45) is 0.0964. The van der Waals surface area contributed by atoms with Crippen LogP contribution in [0, 0.1) is 13.8 Å². The van der Waals surface area contributed by atoms with E-state index in [-0.39, 0.29) is 49.6 Å². The van der Waals surface area contributed by atoms with E-state index < -0.39 is 5.60 Å². The predicted molar refractivity (Wildman–Crippen MR) is 106 cm³/mol. The van der Waals surface area contributed by atoms with Crippen LogP contribution in [0.2, 0.25) is 0 Å². The summed E-state index contributed by atoms with van der Waals surface area (Å²) in [5.41, 5.74) is 8.11. The summed E-state index contributed by atoms with van der Waals surface area (Å²) in [5.74, 6) is -0.393. The third-order valence-electron chi connectivity index (χ3n) is 4.72. The molecule has 156 valence electrons. The largest absolute Gasteiger partial charge is 0.384 e. The molecule has 0 aliphatic carbocycles. The van der Waals surface area contributed by atoms with Gasteiger partial charge in [0.15, 0.2) is 0 Å². The van der Waals surface area contributed by atoms with E-state index in [2.05, 4.69) is 20.3 Å². The van der Waals surface area contributed by atoms with Gasteiger partial charge in [-0.25, -0.2) is 15.0 Å². The quantitative estimate of drug-likeness (QED) is 0.598. The minimum absolute atomic E-state index is 0.0111. The topological polar surface area (TPSA) is 144 Å². The van der Waals surface area contributed by atoms with Gasteiger partial charge in [0.25, 0.3) is 5.91 Å². The lowest BCUT2D eigenvalue weighted by molar-refractivity contribution is -0.133. The van der Waals surface area contributed by atoms with Gasteiger partial charge in [0.2, 0.25) is 11.9 Å². The Kier molecular flexibility index (Phi) is 6.40. The fraction of sp³-hybridized carbons (Fsp3) is 0.500. The van der Waals surface area contributed by atoms with Crippen molar-refractivity contribution in [3.05, 3.63) is 33.5 Å². The molecule has 1 fully saturated rings. The number of rotatable bonds is 5. The highest BCUT2D eigenvalue weighted by atomic mass is 32.1. The first-order valence-electron chi connectivity index (χ1n) is 9.11. The fourth-order valence-corrected chi connectivity index (χ4v) is 3.71. The summed E-state index contributed by atoms with van der Waals surface area (Å²) in [4.78, 5) is 38.7. The summed E-state index contributed by atoms with van der Waals surface area (Å²) in [5, 5.41) is 15.2. The van der Waals surface area contributed by atoms with Gasteiger partial charge in [-0.1, -0.05) is 0 Å². The molecule has 0 saturated carbocycles. The van der Waals surface area contributed by atoms with Gasteiger partial charge in [-0.05, 0) is 13.8 Å². The van der Waals surface area contributed by atoms with Crippen LogP contribution in [0.15, 0.2) is 10.9 Å². The molecule has 0 aromatic carbocycles. The highest BCUT2D eigenvalue weighted by Gasteiger charge is 2.35. The highest BCUT2D eigenvalue weighted by molar-refractivity contribution is 7.07. The molecule has 4 N–H and O–H groups in total. The van der Waals surface area contributed by atoms with Crippen molar-refractivity contribution in [1.29, 1.82) is 0 Å². The Balaban J connectivity index is 1.66. The third kappa shape index (κ3) is 5.25. The lowest BCUT2D eigenvalue weighted by Gasteiger charge is -2.31. The van der Waals surface area contributed by atoms with Crippen LogP contribution in [0.1, 0.15) is 27.4 Å². The van der Waals surface area contributed by atoms with Crippen LogP contribution in [0.25, 0.3) is 0 Å². The molecule has 0 unspecified atom stereocenters. The lowest BCUT2D eigenvalue weighted by atomic mass is 10.0. The van der Waals surface area contributed by atoms with Gasteiger partial charge < -0.3 is 25.8 Å². The van der Waals surface area contributed by atoms with Crippen molar-refractivity contribution in [2.75, 3.05) is 38.6 Å². The summed E-state index contributed by atoms with van der Waals surface area (Å²) in [7, 11) is 0. The Hall–Kier alpha value is -2.63. The second-order valence-corrected chi connectivity index (χ2v) is 7.78. The molecule has 1 aliphatic heterocycles. The summed E-state index contributed by atoms with van der Waals surface area (Å²) < 4.78 is 5.48. The number of nitrogen functional groups attached to an aromatic ring is 1. The van der Waals surface area contributed by atoms with E-state index >= 15 is 0 Å². The second-order valence-electron chi connectivity index (χ2n) is 7.06. The molecular weight excluding hydrogens is 396 g/mol. The Labute approximate surface area is 172 Å². The third-order valence-corrected chi connectivity index (χ3v) is 5.31. The number of hydrogen-bond donors (Lipinski definition) is 3. The van der Waals surface area contributed by atoms with Crippen molar-refractivity contribution < 1.29 is 19.4 Å². The monoisotopic (exact) mass is 420 g/mol. The van der Waals surface area contributed by atoms with Crippen LogP contribution < -0.4 is 11.1 Å². The van der Waals surface area contributed by atoms with E-state index in [1.807, 2.05) is 0 Å². The summed E-state index contributed by atoms with van der Waals surface area (Å²) in [6, 6.07) is 0. The Morgan fingerprint density at radius 1 is 1.38 bits per heavy atom. The van der Waals surface area contributed by atoms with E-state index in [0.717, 1.165) is 5.56 Å². The van der Waals surface area contributed by atoms with Crippen LogP contribution >= 0.6 is 11.3 Å². The van der Waals surface area contributed by atoms with E-state index in [0.29, 0.717) is 24.5 Å². The second kappa shape index (κ2) is 8.80. The molecule has 2 aromatic heterocycles. The number of nitrogens with two attached hydrogens (primary N) is 1. The van der Waals surface area contributed by atoms with Gasteiger partial charge in [-0.3, -0.25) is 9.59 Å². The number of carbonyl (C=O) groups is 2. The maximum atomic E-state index is 12.9.